The Kier molecular flexibility index (Phi) is 66.1. The minimum absolute atomic E-state index is 0.0752. The van der Waals surface area contributed by atoms with Gasteiger partial charge in [0.25, 0.3) is 0 Å². The van der Waals surface area contributed by atoms with E-state index in [2.05, 4.69) is 81.5 Å². The molecule has 1 unspecified atom stereocenters. The molecule has 0 spiro atoms. The highest BCUT2D eigenvalue weighted by molar-refractivity contribution is 5.71. The van der Waals surface area contributed by atoms with Crippen LogP contribution in [0.1, 0.15) is 374 Å². The molecule has 6 heteroatoms. The van der Waals surface area contributed by atoms with Gasteiger partial charge in [-0.15, -0.1) is 0 Å². The highest BCUT2D eigenvalue weighted by atomic mass is 16.6. The minimum atomic E-state index is -0.780. The quantitative estimate of drug-likeness (QED) is 0.0261. The van der Waals surface area contributed by atoms with Crippen molar-refractivity contribution < 1.29 is 28.6 Å². The number of carbonyl (C=O) groups excluding carboxylic acids is 3. The van der Waals surface area contributed by atoms with Crippen molar-refractivity contribution in [1.29, 1.82) is 0 Å². The number of allylic oxidation sites excluding steroid dienone is 10. The maximum atomic E-state index is 13.0. The number of hydrogen-bond acceptors (Lipinski definition) is 6. The fourth-order valence-corrected chi connectivity index (χ4v) is 10.4. The van der Waals surface area contributed by atoms with Gasteiger partial charge in [0, 0.05) is 19.3 Å². The van der Waals surface area contributed by atoms with E-state index < -0.39 is 6.10 Å². The summed E-state index contributed by atoms with van der Waals surface area (Å²) in [5.41, 5.74) is 0. The third-order valence-electron chi connectivity index (χ3n) is 15.7. The number of esters is 3. The molecule has 0 aromatic carbocycles. The molecule has 0 aromatic rings. The lowest BCUT2D eigenvalue weighted by Crippen LogP contribution is -2.30. The lowest BCUT2D eigenvalue weighted by Gasteiger charge is -2.18. The molecule has 0 amide bonds. The molecular formula is C74H134O6. The Morgan fingerprint density at radius 2 is 0.450 bits per heavy atom. The second kappa shape index (κ2) is 68.6. The van der Waals surface area contributed by atoms with Gasteiger partial charge in [0.2, 0.25) is 0 Å². The average Bonchev–Trinajstić information content (AvgIpc) is 3.46. The van der Waals surface area contributed by atoms with Crippen molar-refractivity contribution in [3.63, 3.8) is 0 Å². The summed E-state index contributed by atoms with van der Waals surface area (Å²) in [5.74, 6) is -0.865. The molecule has 0 radical (unpaired) electrons. The first-order chi connectivity index (χ1) is 39.5. The molecule has 0 rings (SSSR count). The Balaban J connectivity index is 4.29. The van der Waals surface area contributed by atoms with E-state index >= 15 is 0 Å². The molecule has 80 heavy (non-hydrogen) atoms. The molecule has 0 aromatic heterocycles. The van der Waals surface area contributed by atoms with Crippen LogP contribution in [0.2, 0.25) is 0 Å². The first-order valence-electron chi connectivity index (χ1n) is 35.3. The fourth-order valence-electron chi connectivity index (χ4n) is 10.4. The van der Waals surface area contributed by atoms with Crippen molar-refractivity contribution in [2.45, 2.75) is 380 Å². The zero-order chi connectivity index (χ0) is 57.8. The topological polar surface area (TPSA) is 78.9 Å². The highest BCUT2D eigenvalue weighted by Crippen LogP contribution is 2.17. The third-order valence-corrected chi connectivity index (χ3v) is 15.7. The Hall–Kier alpha value is -2.89. The number of hydrogen-bond donors (Lipinski definition) is 0. The van der Waals surface area contributed by atoms with Crippen molar-refractivity contribution in [2.75, 3.05) is 13.2 Å². The number of ether oxygens (including phenoxy) is 3. The predicted octanol–water partition coefficient (Wildman–Crippen LogP) is 24.3. The van der Waals surface area contributed by atoms with Gasteiger partial charge >= 0.3 is 17.9 Å². The Bertz CT molecular complexity index is 1430. The molecule has 0 saturated heterocycles. The Morgan fingerprint density at radius 1 is 0.250 bits per heavy atom. The third kappa shape index (κ3) is 65.9. The molecule has 0 saturated carbocycles. The van der Waals surface area contributed by atoms with Crippen molar-refractivity contribution >= 4 is 17.9 Å². The van der Waals surface area contributed by atoms with Crippen molar-refractivity contribution in [2.24, 2.45) is 0 Å². The molecular weight excluding hydrogens is 985 g/mol. The van der Waals surface area contributed by atoms with Crippen molar-refractivity contribution in [1.82, 2.24) is 0 Å². The van der Waals surface area contributed by atoms with E-state index in [9.17, 15) is 14.4 Å². The summed E-state index contributed by atoms with van der Waals surface area (Å²) in [6.07, 6.45) is 88.1. The van der Waals surface area contributed by atoms with Gasteiger partial charge in [-0.25, -0.2) is 0 Å². The highest BCUT2D eigenvalue weighted by Gasteiger charge is 2.19. The second-order valence-electron chi connectivity index (χ2n) is 23.8. The van der Waals surface area contributed by atoms with Crippen LogP contribution < -0.4 is 0 Å². The summed E-state index contributed by atoms with van der Waals surface area (Å²) < 4.78 is 17.0. The minimum Gasteiger partial charge on any atom is -0.462 e. The van der Waals surface area contributed by atoms with Gasteiger partial charge < -0.3 is 14.2 Å². The molecule has 0 fully saturated rings. The largest absolute Gasteiger partial charge is 0.462 e. The van der Waals surface area contributed by atoms with Crippen LogP contribution in [0.4, 0.5) is 0 Å². The maximum Gasteiger partial charge on any atom is 0.306 e. The van der Waals surface area contributed by atoms with E-state index in [0.29, 0.717) is 19.3 Å². The summed E-state index contributed by atoms with van der Waals surface area (Å²) in [5, 5.41) is 0. The van der Waals surface area contributed by atoms with E-state index in [4.69, 9.17) is 14.2 Å². The molecule has 0 N–H and O–H groups in total. The van der Waals surface area contributed by atoms with Crippen LogP contribution in [-0.4, -0.2) is 37.2 Å². The van der Waals surface area contributed by atoms with Crippen LogP contribution in [-0.2, 0) is 28.6 Å². The number of carbonyl (C=O) groups is 3. The standard InChI is InChI=1S/C74H134O6/c1-4-7-10-13-16-19-22-25-28-30-32-34-36-37-39-40-42-44-46-49-52-55-58-61-64-67-73(76)79-70-71(69-78-72(75)66-63-60-57-54-51-48-27-24-21-18-15-12-9-6-3)80-74(77)68-65-62-59-56-53-50-47-45-43-41-38-35-33-31-29-26-23-20-17-14-11-8-5-2/h22-27,30-33,71H,4-21,28-29,34-70H2,1-3H3/b25-22-,26-23-,27-24-,32-30-,33-31-. The normalized spacial score (nSPS) is 12.4. The number of unbranched alkanes of at least 4 members (excludes halogenated alkanes) is 44. The molecule has 0 heterocycles. The fraction of sp³-hybridized carbons (Fsp3) is 0.824. The van der Waals surface area contributed by atoms with Crippen LogP contribution in [0.25, 0.3) is 0 Å². The van der Waals surface area contributed by atoms with Gasteiger partial charge in [-0.3, -0.25) is 14.4 Å². The van der Waals surface area contributed by atoms with Crippen LogP contribution >= 0.6 is 0 Å². The first kappa shape index (κ1) is 77.1. The molecule has 6 nitrogen and oxygen atoms in total. The van der Waals surface area contributed by atoms with Gasteiger partial charge in [0.1, 0.15) is 13.2 Å². The van der Waals surface area contributed by atoms with Crippen LogP contribution in [0, 0.1) is 0 Å². The van der Waals surface area contributed by atoms with Crippen molar-refractivity contribution in [3.8, 4) is 0 Å². The Labute approximate surface area is 498 Å². The van der Waals surface area contributed by atoms with Crippen LogP contribution in [0.3, 0.4) is 0 Å². The van der Waals surface area contributed by atoms with Crippen molar-refractivity contribution in [3.05, 3.63) is 60.8 Å². The summed E-state index contributed by atoms with van der Waals surface area (Å²) in [4.78, 5) is 38.4. The Morgan fingerprint density at radius 3 is 0.700 bits per heavy atom. The van der Waals surface area contributed by atoms with E-state index in [1.807, 2.05) is 0 Å². The van der Waals surface area contributed by atoms with E-state index in [1.54, 1.807) is 0 Å². The maximum absolute atomic E-state index is 13.0. The number of rotatable bonds is 65. The molecule has 0 aliphatic rings. The zero-order valence-electron chi connectivity index (χ0n) is 53.6. The summed E-state index contributed by atoms with van der Waals surface area (Å²) >= 11 is 0. The molecule has 0 bridgehead atoms. The van der Waals surface area contributed by atoms with Crippen LogP contribution in [0.5, 0.6) is 0 Å². The lowest BCUT2D eigenvalue weighted by molar-refractivity contribution is -0.167. The van der Waals surface area contributed by atoms with Gasteiger partial charge in [0.15, 0.2) is 6.10 Å². The second-order valence-corrected chi connectivity index (χ2v) is 23.8. The van der Waals surface area contributed by atoms with Gasteiger partial charge in [-0.1, -0.05) is 306 Å². The van der Waals surface area contributed by atoms with Gasteiger partial charge in [-0.2, -0.15) is 0 Å². The zero-order valence-corrected chi connectivity index (χ0v) is 53.6. The molecule has 0 aliphatic heterocycles. The van der Waals surface area contributed by atoms with Gasteiger partial charge in [0.05, 0.1) is 0 Å². The van der Waals surface area contributed by atoms with E-state index in [1.165, 1.54) is 257 Å². The average molecular weight is 1120 g/mol. The monoisotopic (exact) mass is 1120 g/mol. The summed E-state index contributed by atoms with van der Waals surface area (Å²) in [6, 6.07) is 0. The first-order valence-corrected chi connectivity index (χ1v) is 35.3. The summed E-state index contributed by atoms with van der Waals surface area (Å²) in [7, 11) is 0. The van der Waals surface area contributed by atoms with Gasteiger partial charge in [-0.05, 0) is 109 Å². The van der Waals surface area contributed by atoms with Crippen LogP contribution in [0.15, 0.2) is 60.8 Å². The molecule has 1 atom stereocenters. The predicted molar refractivity (Wildman–Crippen MR) is 348 cm³/mol. The summed E-state index contributed by atoms with van der Waals surface area (Å²) in [6.45, 7) is 6.66. The van der Waals surface area contributed by atoms with E-state index in [0.717, 1.165) is 77.0 Å². The molecule has 0 aliphatic carbocycles. The SMILES string of the molecule is CCCCCCC/C=C\C/C=C\CCCCCCCCCCCCCCCC(=O)OCC(COC(=O)CCCCCCC/C=C\CCCCCCC)OC(=O)CCCCCCCCCCCCC/C=C\C/C=C\CCCCCCC. The smallest absolute Gasteiger partial charge is 0.306 e. The van der Waals surface area contributed by atoms with E-state index in [-0.39, 0.29) is 31.1 Å². The lowest BCUT2D eigenvalue weighted by atomic mass is 10.0. The molecule has 466 valence electrons.